The van der Waals surface area contributed by atoms with Crippen molar-refractivity contribution in [2.75, 3.05) is 4.90 Å². The van der Waals surface area contributed by atoms with Gasteiger partial charge in [0.2, 0.25) is 0 Å². The van der Waals surface area contributed by atoms with Gasteiger partial charge in [-0.2, -0.15) is 0 Å². The monoisotopic (exact) mass is 697 g/mol. The SMILES string of the molecule is c1ccc(N(c2ccc3c(c2)sc2ccccc23)c2cc(C3(c4ccccc4)c4ccccc4-c4ccccc43)c3c(c2)sc2ccccc23)cc1. The Morgan fingerprint density at radius 3 is 1.62 bits per heavy atom. The average Bonchev–Trinajstić information content (AvgIpc) is 3.87. The van der Waals surface area contributed by atoms with Gasteiger partial charge in [-0.05, 0) is 81.9 Å². The van der Waals surface area contributed by atoms with Crippen molar-refractivity contribution in [3.63, 3.8) is 0 Å². The molecule has 0 saturated heterocycles. The van der Waals surface area contributed by atoms with Crippen LogP contribution in [0.2, 0.25) is 0 Å². The van der Waals surface area contributed by atoms with Crippen LogP contribution in [0.4, 0.5) is 17.1 Å². The molecule has 1 aliphatic carbocycles. The molecular weight excluding hydrogens is 667 g/mol. The van der Waals surface area contributed by atoms with E-state index in [9.17, 15) is 0 Å². The van der Waals surface area contributed by atoms with E-state index in [1.807, 2.05) is 22.7 Å². The van der Waals surface area contributed by atoms with Gasteiger partial charge in [0.25, 0.3) is 0 Å². The highest BCUT2D eigenvalue weighted by Gasteiger charge is 2.47. The van der Waals surface area contributed by atoms with Gasteiger partial charge in [0.1, 0.15) is 0 Å². The Labute approximate surface area is 310 Å². The zero-order valence-corrected chi connectivity index (χ0v) is 29.8. The van der Waals surface area contributed by atoms with Crippen LogP contribution in [0.25, 0.3) is 51.5 Å². The van der Waals surface area contributed by atoms with Crippen LogP contribution in [0.3, 0.4) is 0 Å². The van der Waals surface area contributed by atoms with E-state index in [2.05, 4.69) is 193 Å². The van der Waals surface area contributed by atoms with Gasteiger partial charge < -0.3 is 4.90 Å². The third-order valence-corrected chi connectivity index (χ3v) is 13.2. The van der Waals surface area contributed by atoms with E-state index in [0.29, 0.717) is 0 Å². The highest BCUT2D eigenvalue weighted by Crippen LogP contribution is 2.59. The van der Waals surface area contributed by atoms with Gasteiger partial charge in [-0.1, -0.05) is 140 Å². The first-order chi connectivity index (χ1) is 25.8. The molecule has 0 N–H and O–H groups in total. The van der Waals surface area contributed by atoms with E-state index >= 15 is 0 Å². The van der Waals surface area contributed by atoms with Crippen LogP contribution >= 0.6 is 22.7 Å². The fraction of sp³-hybridized carbons (Fsp3) is 0.0204. The fourth-order valence-corrected chi connectivity index (χ4v) is 11.1. The second kappa shape index (κ2) is 11.5. The van der Waals surface area contributed by atoms with Gasteiger partial charge in [0.05, 0.1) is 5.41 Å². The van der Waals surface area contributed by atoms with Gasteiger partial charge >= 0.3 is 0 Å². The van der Waals surface area contributed by atoms with Crippen molar-refractivity contribution in [1.29, 1.82) is 0 Å². The molecule has 11 rings (SSSR count). The molecule has 0 aliphatic heterocycles. The number of benzene rings is 8. The number of hydrogen-bond acceptors (Lipinski definition) is 3. The summed E-state index contributed by atoms with van der Waals surface area (Å²) < 4.78 is 5.20. The molecule has 2 heterocycles. The number of anilines is 3. The van der Waals surface area contributed by atoms with Crippen molar-refractivity contribution in [3.8, 4) is 11.1 Å². The predicted octanol–water partition coefficient (Wildman–Crippen LogP) is 14.3. The number of fused-ring (bicyclic) bond motifs is 9. The molecule has 0 amide bonds. The van der Waals surface area contributed by atoms with Crippen molar-refractivity contribution in [1.82, 2.24) is 0 Å². The second-order valence-electron chi connectivity index (χ2n) is 13.6. The van der Waals surface area contributed by atoms with Gasteiger partial charge in [0, 0.05) is 57.4 Å². The van der Waals surface area contributed by atoms with E-state index in [1.54, 1.807) is 0 Å². The standard InChI is InChI=1S/C49H31NS2/c1-3-15-32(16-4-1)49(41-23-11-7-19-36(41)37-20-8-12-24-42(37)49)43-29-35(31-47-48(43)40-22-10-14-26-45(40)52-47)50(33-17-5-2-6-18-33)34-27-28-39-38-21-9-13-25-44(38)51-46(39)30-34/h1-31H. The van der Waals surface area contributed by atoms with Crippen LogP contribution in [0.15, 0.2) is 188 Å². The van der Waals surface area contributed by atoms with Crippen LogP contribution < -0.4 is 4.90 Å². The Morgan fingerprint density at radius 1 is 0.346 bits per heavy atom. The molecule has 1 nitrogen and oxygen atoms in total. The lowest BCUT2D eigenvalue weighted by molar-refractivity contribution is 0.777. The molecule has 8 aromatic carbocycles. The lowest BCUT2D eigenvalue weighted by Gasteiger charge is -2.36. The lowest BCUT2D eigenvalue weighted by Crippen LogP contribution is -2.29. The number of thiophene rings is 2. The molecule has 2 aromatic heterocycles. The average molecular weight is 698 g/mol. The minimum absolute atomic E-state index is 0.537. The number of rotatable bonds is 5. The molecular formula is C49H31NS2. The molecule has 52 heavy (non-hydrogen) atoms. The maximum atomic E-state index is 2.51. The van der Waals surface area contributed by atoms with Crippen LogP contribution in [0.1, 0.15) is 22.3 Å². The maximum Gasteiger partial charge on any atom is 0.0720 e. The van der Waals surface area contributed by atoms with E-state index in [1.165, 1.54) is 73.7 Å². The Kier molecular flexibility index (Phi) is 6.57. The molecule has 0 radical (unpaired) electrons. The summed E-state index contributed by atoms with van der Waals surface area (Å²) in [5, 5.41) is 5.25. The summed E-state index contributed by atoms with van der Waals surface area (Å²) in [6, 6.07) is 69.8. The van der Waals surface area contributed by atoms with Crippen molar-refractivity contribution in [3.05, 3.63) is 210 Å². The van der Waals surface area contributed by atoms with Crippen LogP contribution in [-0.4, -0.2) is 0 Å². The first kappa shape index (κ1) is 29.7. The largest absolute Gasteiger partial charge is 0.310 e. The first-order valence-corrected chi connectivity index (χ1v) is 19.4. The summed E-state index contributed by atoms with van der Waals surface area (Å²) in [6.07, 6.45) is 0. The number of para-hydroxylation sites is 1. The van der Waals surface area contributed by atoms with E-state index < -0.39 is 5.41 Å². The summed E-state index contributed by atoms with van der Waals surface area (Å²) in [4.78, 5) is 2.46. The number of nitrogens with zero attached hydrogens (tertiary/aromatic N) is 1. The summed E-state index contributed by atoms with van der Waals surface area (Å²) in [5.41, 5.74) is 10.7. The summed E-state index contributed by atoms with van der Waals surface area (Å²) in [7, 11) is 0. The normalized spacial score (nSPS) is 13.2. The van der Waals surface area contributed by atoms with Crippen molar-refractivity contribution >= 4 is 80.1 Å². The molecule has 0 atom stereocenters. The third kappa shape index (κ3) is 4.21. The third-order valence-electron chi connectivity index (χ3n) is 10.9. The van der Waals surface area contributed by atoms with E-state index in [-0.39, 0.29) is 0 Å². The Balaban J connectivity index is 1.28. The molecule has 0 unspecified atom stereocenters. The fourth-order valence-electron chi connectivity index (χ4n) is 8.82. The quantitative estimate of drug-likeness (QED) is 0.173. The smallest absolute Gasteiger partial charge is 0.0720 e. The molecule has 3 heteroatoms. The summed E-state index contributed by atoms with van der Waals surface area (Å²) >= 11 is 3.76. The molecule has 10 aromatic rings. The Morgan fingerprint density at radius 2 is 0.885 bits per heavy atom. The zero-order valence-electron chi connectivity index (χ0n) is 28.2. The Bertz CT molecular complexity index is 2930. The molecule has 0 bridgehead atoms. The van der Waals surface area contributed by atoms with Crippen LogP contribution in [0, 0.1) is 0 Å². The highest BCUT2D eigenvalue weighted by atomic mass is 32.1. The Hall–Kier alpha value is -6.00. The highest BCUT2D eigenvalue weighted by molar-refractivity contribution is 7.26. The van der Waals surface area contributed by atoms with Crippen molar-refractivity contribution in [2.45, 2.75) is 5.41 Å². The van der Waals surface area contributed by atoms with E-state index in [4.69, 9.17) is 0 Å². The number of hydrogen-bond donors (Lipinski definition) is 0. The minimum atomic E-state index is -0.537. The molecule has 244 valence electrons. The summed E-state index contributed by atoms with van der Waals surface area (Å²) in [5.74, 6) is 0. The van der Waals surface area contributed by atoms with Gasteiger partial charge in [0.15, 0.2) is 0 Å². The first-order valence-electron chi connectivity index (χ1n) is 17.8. The van der Waals surface area contributed by atoms with Crippen LogP contribution in [0.5, 0.6) is 0 Å². The van der Waals surface area contributed by atoms with Gasteiger partial charge in [-0.3, -0.25) is 0 Å². The van der Waals surface area contributed by atoms with Crippen molar-refractivity contribution in [2.24, 2.45) is 0 Å². The maximum absolute atomic E-state index is 2.51. The molecule has 0 saturated carbocycles. The van der Waals surface area contributed by atoms with Crippen molar-refractivity contribution < 1.29 is 0 Å². The predicted molar refractivity (Wildman–Crippen MR) is 224 cm³/mol. The second-order valence-corrected chi connectivity index (χ2v) is 15.8. The van der Waals surface area contributed by atoms with Gasteiger partial charge in [-0.25, -0.2) is 0 Å². The minimum Gasteiger partial charge on any atom is -0.310 e. The molecule has 1 aliphatic rings. The molecule has 0 spiro atoms. The van der Waals surface area contributed by atoms with Gasteiger partial charge in [-0.15, -0.1) is 22.7 Å². The van der Waals surface area contributed by atoms with E-state index in [0.717, 1.165) is 17.1 Å². The topological polar surface area (TPSA) is 3.24 Å². The zero-order chi connectivity index (χ0) is 34.2. The lowest BCUT2D eigenvalue weighted by atomic mass is 9.66. The molecule has 0 fully saturated rings. The summed E-state index contributed by atoms with van der Waals surface area (Å²) in [6.45, 7) is 0. The van der Waals surface area contributed by atoms with Crippen LogP contribution in [-0.2, 0) is 5.41 Å².